The molecule has 0 aliphatic heterocycles. The SMILES string of the molecule is CCOC(=O)CC1CC2=CC=C(OCCCNc3cccc[n+]3O)CC=C2Cc2ccccc21. The van der Waals surface area contributed by atoms with Gasteiger partial charge in [0.15, 0.2) is 0 Å². The van der Waals surface area contributed by atoms with E-state index in [1.807, 2.05) is 19.1 Å². The Hall–Kier alpha value is -3.54. The van der Waals surface area contributed by atoms with Crippen molar-refractivity contribution in [2.75, 3.05) is 25.1 Å². The van der Waals surface area contributed by atoms with Crippen LogP contribution in [0.2, 0.25) is 0 Å². The van der Waals surface area contributed by atoms with Crippen molar-refractivity contribution >= 4 is 11.8 Å². The van der Waals surface area contributed by atoms with Crippen LogP contribution >= 0.6 is 0 Å². The molecule has 0 amide bonds. The Morgan fingerprint density at radius 3 is 2.85 bits per heavy atom. The first-order valence-electron chi connectivity index (χ1n) is 12.0. The summed E-state index contributed by atoms with van der Waals surface area (Å²) in [7, 11) is 0. The lowest BCUT2D eigenvalue weighted by molar-refractivity contribution is -0.893. The largest absolute Gasteiger partial charge is 0.497 e. The minimum Gasteiger partial charge on any atom is -0.497 e. The number of aromatic nitrogens is 1. The van der Waals surface area contributed by atoms with Crippen LogP contribution in [0.4, 0.5) is 5.82 Å². The van der Waals surface area contributed by atoms with E-state index in [2.05, 4.69) is 47.8 Å². The Kier molecular flexibility index (Phi) is 8.02. The number of allylic oxidation sites excluding steroid dienone is 5. The molecule has 0 radical (unpaired) electrons. The lowest BCUT2D eigenvalue weighted by Gasteiger charge is -2.17. The highest BCUT2D eigenvalue weighted by Gasteiger charge is 2.26. The Balaban J connectivity index is 1.38. The van der Waals surface area contributed by atoms with Gasteiger partial charge in [0.25, 0.3) is 0 Å². The van der Waals surface area contributed by atoms with Gasteiger partial charge in [-0.1, -0.05) is 47.2 Å². The number of ether oxygens (including phenoxy) is 2. The van der Waals surface area contributed by atoms with Crippen LogP contribution in [0.15, 0.2) is 83.8 Å². The average molecular weight is 462 g/mol. The number of benzene rings is 1. The number of pyridine rings is 1. The van der Waals surface area contributed by atoms with Gasteiger partial charge in [-0.25, -0.2) is 0 Å². The van der Waals surface area contributed by atoms with Gasteiger partial charge in [-0.2, -0.15) is 0 Å². The van der Waals surface area contributed by atoms with Crippen LogP contribution in [-0.4, -0.2) is 30.9 Å². The molecule has 2 aliphatic rings. The van der Waals surface area contributed by atoms with Gasteiger partial charge in [-0.05, 0) is 60.1 Å². The van der Waals surface area contributed by atoms with Crippen molar-refractivity contribution in [3.8, 4) is 0 Å². The summed E-state index contributed by atoms with van der Waals surface area (Å²) in [5.41, 5.74) is 5.11. The molecule has 6 heteroatoms. The molecule has 0 fully saturated rings. The molecule has 0 saturated heterocycles. The molecule has 1 unspecified atom stereocenters. The van der Waals surface area contributed by atoms with E-state index in [1.165, 1.54) is 22.3 Å². The maximum absolute atomic E-state index is 12.3. The molecule has 4 rings (SSSR count). The second-order valence-corrected chi connectivity index (χ2v) is 8.60. The number of nitrogens with zero attached hydrogens (tertiary/aromatic N) is 1. The monoisotopic (exact) mass is 461 g/mol. The maximum Gasteiger partial charge on any atom is 0.313 e. The number of hydrogen-bond donors (Lipinski definition) is 2. The molecule has 34 heavy (non-hydrogen) atoms. The van der Waals surface area contributed by atoms with Crippen molar-refractivity contribution in [1.82, 2.24) is 0 Å². The van der Waals surface area contributed by atoms with E-state index in [-0.39, 0.29) is 11.9 Å². The fraction of sp³-hybridized carbons (Fsp3) is 0.357. The average Bonchev–Trinajstić information content (AvgIpc) is 3.10. The van der Waals surface area contributed by atoms with Crippen molar-refractivity contribution in [3.05, 3.63) is 94.9 Å². The van der Waals surface area contributed by atoms with E-state index in [0.717, 1.165) is 36.2 Å². The van der Waals surface area contributed by atoms with E-state index in [9.17, 15) is 10.0 Å². The van der Waals surface area contributed by atoms with Gasteiger partial charge in [0, 0.05) is 18.9 Å². The number of rotatable bonds is 9. The Bertz CT molecular complexity index is 1100. The predicted octanol–water partition coefficient (Wildman–Crippen LogP) is 4.85. The van der Waals surface area contributed by atoms with E-state index in [1.54, 1.807) is 12.3 Å². The standard InChI is InChI=1S/C28H32N2O4/c1-2-33-28(31)20-24-19-22-12-14-25(13-11-21(22)18-23-8-3-4-9-26(23)24)34-17-7-15-29-27-10-5-6-16-30(27)32/h3-6,8-12,14,16,24,32H,2,7,13,15,17-20H2,1H3/p+1. The van der Waals surface area contributed by atoms with Gasteiger partial charge in [0.1, 0.15) is 6.20 Å². The summed E-state index contributed by atoms with van der Waals surface area (Å²) in [4.78, 5) is 12.3. The molecule has 0 saturated carbocycles. The van der Waals surface area contributed by atoms with Crippen LogP contribution < -0.4 is 10.0 Å². The van der Waals surface area contributed by atoms with E-state index < -0.39 is 0 Å². The molecular weight excluding hydrogens is 428 g/mol. The van der Waals surface area contributed by atoms with Crippen molar-refractivity contribution < 1.29 is 24.2 Å². The quantitative estimate of drug-likeness (QED) is 0.242. The van der Waals surface area contributed by atoms with Gasteiger partial charge < -0.3 is 14.7 Å². The summed E-state index contributed by atoms with van der Waals surface area (Å²) in [6.07, 6.45) is 11.7. The molecule has 1 aromatic carbocycles. The fourth-order valence-corrected chi connectivity index (χ4v) is 4.56. The molecule has 1 heterocycles. The summed E-state index contributed by atoms with van der Waals surface area (Å²) in [6, 6.07) is 13.9. The zero-order valence-corrected chi connectivity index (χ0v) is 19.7. The maximum atomic E-state index is 12.3. The third kappa shape index (κ3) is 6.07. The first kappa shape index (κ1) is 23.6. The number of carbonyl (C=O) groups is 1. The van der Waals surface area contributed by atoms with Crippen molar-refractivity contribution in [1.29, 1.82) is 0 Å². The third-order valence-corrected chi connectivity index (χ3v) is 6.25. The van der Waals surface area contributed by atoms with Crippen molar-refractivity contribution in [2.45, 2.75) is 44.9 Å². The second kappa shape index (κ2) is 11.5. The first-order chi connectivity index (χ1) is 16.6. The van der Waals surface area contributed by atoms with Crippen molar-refractivity contribution in [3.63, 3.8) is 0 Å². The number of hydrogen-bond acceptors (Lipinski definition) is 5. The predicted molar refractivity (Wildman–Crippen MR) is 131 cm³/mol. The lowest BCUT2D eigenvalue weighted by atomic mass is 9.89. The highest BCUT2D eigenvalue weighted by Crippen LogP contribution is 2.39. The summed E-state index contributed by atoms with van der Waals surface area (Å²) in [5.74, 6) is 1.57. The number of nitrogens with one attached hydrogen (secondary N) is 1. The minimum absolute atomic E-state index is 0.113. The number of anilines is 1. The highest BCUT2D eigenvalue weighted by atomic mass is 16.5. The van der Waals surface area contributed by atoms with Gasteiger partial charge >= 0.3 is 11.8 Å². The fourth-order valence-electron chi connectivity index (χ4n) is 4.56. The van der Waals surface area contributed by atoms with Gasteiger partial charge in [-0.3, -0.25) is 10.1 Å². The minimum atomic E-state index is -0.139. The molecule has 2 aromatic rings. The Morgan fingerprint density at radius 2 is 2.00 bits per heavy atom. The topological polar surface area (TPSA) is 71.7 Å². The molecule has 0 bridgehead atoms. The first-order valence-corrected chi connectivity index (χ1v) is 12.0. The third-order valence-electron chi connectivity index (χ3n) is 6.25. The smallest absolute Gasteiger partial charge is 0.313 e. The molecule has 1 atom stereocenters. The van der Waals surface area contributed by atoms with Crippen LogP contribution in [0.5, 0.6) is 0 Å². The highest BCUT2D eigenvalue weighted by molar-refractivity contribution is 5.71. The molecule has 1 aromatic heterocycles. The van der Waals surface area contributed by atoms with Crippen LogP contribution in [0.3, 0.4) is 0 Å². The second-order valence-electron chi connectivity index (χ2n) is 8.60. The van der Waals surface area contributed by atoms with E-state index >= 15 is 0 Å². The molecule has 0 spiro atoms. The molecule has 2 aliphatic carbocycles. The number of fused-ring (bicyclic) bond motifs is 2. The molecule has 6 nitrogen and oxygen atoms in total. The molecular formula is C28H33N2O4+. The van der Waals surface area contributed by atoms with E-state index in [4.69, 9.17) is 9.47 Å². The van der Waals surface area contributed by atoms with Crippen LogP contribution in [0.1, 0.15) is 49.7 Å². The van der Waals surface area contributed by atoms with Crippen molar-refractivity contribution in [2.24, 2.45) is 0 Å². The molecule has 2 N–H and O–H groups in total. The Morgan fingerprint density at radius 1 is 1.15 bits per heavy atom. The summed E-state index contributed by atoms with van der Waals surface area (Å²) in [6.45, 7) is 3.55. The lowest BCUT2D eigenvalue weighted by Crippen LogP contribution is -2.33. The van der Waals surface area contributed by atoms with Crippen LogP contribution in [0.25, 0.3) is 0 Å². The van der Waals surface area contributed by atoms with E-state index in [0.29, 0.717) is 32.0 Å². The summed E-state index contributed by atoms with van der Waals surface area (Å²) in [5, 5.41) is 13.0. The van der Waals surface area contributed by atoms with Crippen LogP contribution in [-0.2, 0) is 20.7 Å². The normalized spacial score (nSPS) is 17.1. The summed E-state index contributed by atoms with van der Waals surface area (Å²) < 4.78 is 12.4. The van der Waals surface area contributed by atoms with Gasteiger partial charge in [0.2, 0.25) is 0 Å². The number of carbonyl (C=O) groups excluding carboxylic acids is 1. The van der Waals surface area contributed by atoms with Gasteiger partial charge in [0.05, 0.1) is 31.9 Å². The Labute approximate surface area is 201 Å². The number of esters is 1. The zero-order chi connectivity index (χ0) is 23.8. The zero-order valence-electron chi connectivity index (χ0n) is 19.7. The van der Waals surface area contributed by atoms with Gasteiger partial charge in [-0.15, -0.1) is 0 Å². The van der Waals surface area contributed by atoms with Crippen LogP contribution in [0, 0.1) is 0 Å². The summed E-state index contributed by atoms with van der Waals surface area (Å²) >= 11 is 0. The molecule has 178 valence electrons.